The molecule has 2 nitrogen and oxygen atoms in total. The second-order valence-corrected chi connectivity index (χ2v) is 2.19. The van der Waals surface area contributed by atoms with Crippen LogP contribution in [-0.4, -0.2) is 9.97 Å². The zero-order valence-corrected chi connectivity index (χ0v) is 6.16. The van der Waals surface area contributed by atoms with Crippen molar-refractivity contribution in [2.45, 2.75) is 6.92 Å². The Bertz CT molecular complexity index is 241. The molecule has 0 N–H and O–H groups in total. The van der Waals surface area contributed by atoms with Crippen LogP contribution in [0.4, 0.5) is 0 Å². The summed E-state index contributed by atoms with van der Waals surface area (Å²) in [5.41, 5.74) is 0.491. The number of nitrogens with zero attached hydrogens (tertiary/aromatic N) is 2. The van der Waals surface area contributed by atoms with Gasteiger partial charge in [-0.25, -0.2) is 9.97 Å². The highest BCUT2D eigenvalue weighted by molar-refractivity contribution is 6.31. The quantitative estimate of drug-likeness (QED) is 0.433. The van der Waals surface area contributed by atoms with Gasteiger partial charge in [0.05, 0.1) is 1.37 Å². The Morgan fingerprint density at radius 3 is 2.78 bits per heavy atom. The van der Waals surface area contributed by atoms with E-state index in [4.69, 9.17) is 24.6 Å². The fraction of sp³-hybridized carbons (Fsp3) is 0.200. The highest BCUT2D eigenvalue weighted by Gasteiger charge is 1.94. The summed E-state index contributed by atoms with van der Waals surface area (Å²) in [6.45, 7) is 1.65. The molecule has 0 unspecified atom stereocenters. The molecule has 1 heterocycles. The Morgan fingerprint density at radius 2 is 2.22 bits per heavy atom. The molecule has 0 amide bonds. The third-order valence-electron chi connectivity index (χ3n) is 0.734. The molecule has 0 saturated carbocycles. The number of hydrogen-bond acceptors (Lipinski definition) is 2. The van der Waals surface area contributed by atoms with E-state index in [1.807, 2.05) is 0 Å². The minimum Gasteiger partial charge on any atom is -0.223 e. The van der Waals surface area contributed by atoms with Crippen molar-refractivity contribution < 1.29 is 1.37 Å². The smallest absolute Gasteiger partial charge is 0.223 e. The molecule has 0 spiro atoms. The average Bonchev–Trinajstić information content (AvgIpc) is 1.82. The Hall–Kier alpha value is -0.340. The van der Waals surface area contributed by atoms with Crippen molar-refractivity contribution in [1.29, 1.82) is 0 Å². The van der Waals surface area contributed by atoms with Gasteiger partial charge >= 0.3 is 0 Å². The molecule has 0 aromatic carbocycles. The fourth-order valence-corrected chi connectivity index (χ4v) is 0.921. The number of rotatable bonds is 0. The van der Waals surface area contributed by atoms with Gasteiger partial charge in [-0.1, -0.05) is 11.6 Å². The number of hydrogen-bond donors (Lipinski definition) is 0. The van der Waals surface area contributed by atoms with Gasteiger partial charge in [-0.3, -0.25) is 0 Å². The van der Waals surface area contributed by atoms with Crippen LogP contribution in [-0.2, 0) is 0 Å². The molecule has 9 heavy (non-hydrogen) atoms. The van der Waals surface area contributed by atoms with Crippen LogP contribution in [0.25, 0.3) is 0 Å². The molecule has 1 rings (SSSR count). The van der Waals surface area contributed by atoms with Gasteiger partial charge in [0.1, 0.15) is 5.15 Å². The van der Waals surface area contributed by atoms with Crippen LogP contribution in [0.1, 0.15) is 7.06 Å². The van der Waals surface area contributed by atoms with Crippen LogP contribution in [0.15, 0.2) is 6.04 Å². The lowest BCUT2D eigenvalue weighted by Crippen LogP contribution is -1.85. The molecule has 0 radical (unpaired) electrons. The molecule has 48 valence electrons. The van der Waals surface area contributed by atoms with Crippen molar-refractivity contribution in [1.82, 2.24) is 9.97 Å². The largest absolute Gasteiger partial charge is 0.223 e. The van der Waals surface area contributed by atoms with Crippen LogP contribution in [0.3, 0.4) is 0 Å². The van der Waals surface area contributed by atoms with Crippen molar-refractivity contribution in [3.63, 3.8) is 0 Å². The summed E-state index contributed by atoms with van der Waals surface area (Å²) in [6, 6.07) is 0.131. The van der Waals surface area contributed by atoms with Gasteiger partial charge in [-0.15, -0.1) is 0 Å². The van der Waals surface area contributed by atoms with E-state index in [1.165, 1.54) is 0 Å². The maximum Gasteiger partial charge on any atom is 0.223 e. The molecular formula is C5H4Cl2N2. The fourth-order valence-electron chi connectivity index (χ4n) is 0.450. The zero-order valence-electron chi connectivity index (χ0n) is 5.65. The van der Waals surface area contributed by atoms with Gasteiger partial charge in [0.25, 0.3) is 0 Å². The SMILES string of the molecule is [2H]c1c(C)nc(Cl)nc1Cl. The molecule has 0 fully saturated rings. The molecule has 0 atom stereocenters. The van der Waals surface area contributed by atoms with Crippen LogP contribution >= 0.6 is 23.2 Å². The van der Waals surface area contributed by atoms with E-state index in [0.717, 1.165) is 0 Å². The summed E-state index contributed by atoms with van der Waals surface area (Å²) in [5, 5.41) is 0.177. The molecule has 4 heteroatoms. The van der Waals surface area contributed by atoms with Crippen LogP contribution in [0, 0.1) is 6.92 Å². The number of aromatic nitrogens is 2. The van der Waals surface area contributed by atoms with E-state index in [2.05, 4.69) is 9.97 Å². The van der Waals surface area contributed by atoms with E-state index < -0.39 is 0 Å². The van der Waals surface area contributed by atoms with Gasteiger partial charge in [0.15, 0.2) is 0 Å². The lowest BCUT2D eigenvalue weighted by molar-refractivity contribution is 1.10. The predicted molar refractivity (Wildman–Crippen MR) is 36.8 cm³/mol. The van der Waals surface area contributed by atoms with Crippen molar-refractivity contribution in [3.8, 4) is 0 Å². The first-order valence-corrected chi connectivity index (χ1v) is 3.03. The van der Waals surface area contributed by atoms with E-state index in [-0.39, 0.29) is 16.5 Å². The first-order valence-electron chi connectivity index (χ1n) is 2.77. The van der Waals surface area contributed by atoms with Crippen LogP contribution < -0.4 is 0 Å². The average molecular weight is 164 g/mol. The zero-order chi connectivity index (χ0) is 7.72. The van der Waals surface area contributed by atoms with E-state index >= 15 is 0 Å². The summed E-state index contributed by atoms with van der Waals surface area (Å²) in [6.07, 6.45) is 0. The van der Waals surface area contributed by atoms with Gasteiger partial charge in [0, 0.05) is 5.69 Å². The van der Waals surface area contributed by atoms with Crippen molar-refractivity contribution in [2.24, 2.45) is 0 Å². The standard InChI is InChI=1S/C5H4Cl2N2/c1-3-2-4(6)9-5(7)8-3/h2H,1H3/i2D. The van der Waals surface area contributed by atoms with Gasteiger partial charge in [-0.2, -0.15) is 0 Å². The Kier molecular flexibility index (Phi) is 1.51. The predicted octanol–water partition coefficient (Wildman–Crippen LogP) is 2.09. The van der Waals surface area contributed by atoms with Gasteiger partial charge in [0.2, 0.25) is 5.28 Å². The normalized spacial score (nSPS) is 11.2. The third-order valence-corrected chi connectivity index (χ3v) is 1.08. The van der Waals surface area contributed by atoms with Crippen molar-refractivity contribution in [3.05, 3.63) is 22.2 Å². The molecule has 0 bridgehead atoms. The first kappa shape index (κ1) is 5.45. The number of aryl methyl sites for hydroxylation is 1. The molecule has 0 aliphatic rings. The molecule has 1 aromatic rings. The topological polar surface area (TPSA) is 25.8 Å². The summed E-state index contributed by atoms with van der Waals surface area (Å²) >= 11 is 10.9. The summed E-state index contributed by atoms with van der Waals surface area (Å²) < 4.78 is 7.23. The van der Waals surface area contributed by atoms with Crippen molar-refractivity contribution >= 4 is 23.2 Å². The molecular weight excluding hydrogens is 159 g/mol. The Labute approximate surface area is 64.2 Å². The van der Waals surface area contributed by atoms with E-state index in [9.17, 15) is 0 Å². The summed E-state index contributed by atoms with van der Waals surface area (Å²) in [4.78, 5) is 7.28. The monoisotopic (exact) mass is 163 g/mol. The Balaban J connectivity index is 3.31. The lowest BCUT2D eigenvalue weighted by Gasteiger charge is -1.91. The second kappa shape index (κ2) is 2.50. The molecule has 0 aliphatic carbocycles. The highest BCUT2D eigenvalue weighted by atomic mass is 35.5. The number of halogens is 2. The van der Waals surface area contributed by atoms with Crippen LogP contribution in [0.2, 0.25) is 10.4 Å². The second-order valence-electron chi connectivity index (χ2n) is 1.49. The van der Waals surface area contributed by atoms with E-state index in [1.54, 1.807) is 6.92 Å². The minimum absolute atomic E-state index is 0.0819. The first-order chi connectivity index (χ1) is 4.61. The Morgan fingerprint density at radius 1 is 1.56 bits per heavy atom. The summed E-state index contributed by atoms with van der Waals surface area (Å²) in [5.74, 6) is 0. The molecule has 0 saturated heterocycles. The van der Waals surface area contributed by atoms with Crippen LogP contribution in [0.5, 0.6) is 0 Å². The lowest BCUT2D eigenvalue weighted by atomic mass is 10.5. The maximum atomic E-state index is 7.23. The van der Waals surface area contributed by atoms with E-state index in [0.29, 0.717) is 5.69 Å². The molecule has 1 aromatic heterocycles. The van der Waals surface area contributed by atoms with Gasteiger partial charge in [-0.05, 0) is 24.6 Å². The maximum absolute atomic E-state index is 7.23. The third kappa shape index (κ3) is 1.80. The summed E-state index contributed by atoms with van der Waals surface area (Å²) in [7, 11) is 0. The highest BCUT2D eigenvalue weighted by Crippen LogP contribution is 2.08. The van der Waals surface area contributed by atoms with Gasteiger partial charge < -0.3 is 0 Å². The molecule has 0 aliphatic heterocycles. The van der Waals surface area contributed by atoms with Crippen molar-refractivity contribution in [2.75, 3.05) is 0 Å². The minimum atomic E-state index is 0.0819.